The summed E-state index contributed by atoms with van der Waals surface area (Å²) in [5.74, 6) is -1.09. The van der Waals surface area contributed by atoms with Crippen molar-refractivity contribution in [1.82, 2.24) is 0 Å². The number of hydrogen-bond acceptors (Lipinski definition) is 5. The second kappa shape index (κ2) is 8.90. The summed E-state index contributed by atoms with van der Waals surface area (Å²) < 4.78 is 0. The fourth-order valence-electron chi connectivity index (χ4n) is 8.76. The number of aliphatic hydroxyl groups is 2. The molecule has 2 N–H and O–H groups in total. The predicted molar refractivity (Wildman–Crippen MR) is 178 cm³/mol. The minimum atomic E-state index is -0.535. The van der Waals surface area contributed by atoms with Crippen LogP contribution in [0.3, 0.4) is 0 Å². The topological polar surface area (TPSA) is 64.0 Å². The van der Waals surface area contributed by atoms with Gasteiger partial charge in [-0.3, -0.25) is 4.79 Å². The van der Waals surface area contributed by atoms with E-state index < -0.39 is 11.5 Å². The second-order valence-corrected chi connectivity index (χ2v) is 14.9. The lowest BCUT2D eigenvalue weighted by Gasteiger charge is -2.47. The maximum Gasteiger partial charge on any atom is 0.231 e. The van der Waals surface area contributed by atoms with Gasteiger partial charge < -0.3 is 20.0 Å². The molecule has 2 unspecified atom stereocenters. The van der Waals surface area contributed by atoms with Crippen LogP contribution in [0.2, 0.25) is 0 Å². The number of fused-ring (bicyclic) bond motifs is 6. The molecule has 0 radical (unpaired) electrons. The summed E-state index contributed by atoms with van der Waals surface area (Å²) in [6.45, 7) is 13.7. The molecule has 0 saturated heterocycles. The summed E-state index contributed by atoms with van der Waals surface area (Å²) in [5, 5.41) is 22.5. The first kappa shape index (κ1) is 28.5. The molecule has 2 heterocycles. The first-order valence-corrected chi connectivity index (χ1v) is 15.6. The van der Waals surface area contributed by atoms with E-state index >= 15 is 0 Å². The first-order chi connectivity index (χ1) is 20.6. The zero-order valence-corrected chi connectivity index (χ0v) is 27.0. The molecule has 7 rings (SSSR count). The van der Waals surface area contributed by atoms with E-state index in [1.807, 2.05) is 0 Å². The van der Waals surface area contributed by atoms with E-state index in [-0.39, 0.29) is 38.6 Å². The minimum absolute atomic E-state index is 0.149. The van der Waals surface area contributed by atoms with E-state index in [1.165, 1.54) is 33.9 Å². The number of rotatable bonds is 2. The van der Waals surface area contributed by atoms with E-state index in [1.54, 1.807) is 12.2 Å². The zero-order chi connectivity index (χ0) is 31.6. The molecule has 2 atom stereocenters. The third kappa shape index (κ3) is 3.44. The minimum Gasteiger partial charge on any atom is -0.506 e. The Kier molecular flexibility index (Phi) is 5.77. The SMILES string of the molecule is CN1C2=C/C(=C/C3=C(O)C(/C=C4/C=C5N(C)c6ccccc6C5(C)C(C)(C)C4)=C(O)C3=O)CC(C)(C)C2(C)c2ccccc21. The quantitative estimate of drug-likeness (QED) is 0.370. The molecular weight excluding hydrogens is 544 g/mol. The van der Waals surface area contributed by atoms with Gasteiger partial charge in [-0.15, -0.1) is 0 Å². The van der Waals surface area contributed by atoms with Gasteiger partial charge in [-0.2, -0.15) is 0 Å². The summed E-state index contributed by atoms with van der Waals surface area (Å²) >= 11 is 0. The molecule has 2 aliphatic heterocycles. The molecule has 0 spiro atoms. The number of para-hydroxylation sites is 2. The Bertz CT molecular complexity index is 1860. The number of ketones is 1. The molecular formula is C39H42N2O3. The monoisotopic (exact) mass is 586 g/mol. The fourth-order valence-corrected chi connectivity index (χ4v) is 8.76. The van der Waals surface area contributed by atoms with E-state index in [0.29, 0.717) is 0 Å². The summed E-state index contributed by atoms with van der Waals surface area (Å²) in [6.07, 6.45) is 9.38. The summed E-state index contributed by atoms with van der Waals surface area (Å²) in [5.41, 5.74) is 8.96. The van der Waals surface area contributed by atoms with E-state index in [9.17, 15) is 15.0 Å². The van der Waals surface area contributed by atoms with Crippen LogP contribution in [0, 0.1) is 10.8 Å². The number of likely N-dealkylation sites (N-methyl/N-ethyl adjacent to an activating group) is 2. The van der Waals surface area contributed by atoms with Crippen molar-refractivity contribution < 1.29 is 15.0 Å². The Morgan fingerprint density at radius 3 is 1.50 bits per heavy atom. The summed E-state index contributed by atoms with van der Waals surface area (Å²) in [4.78, 5) is 17.9. The van der Waals surface area contributed by atoms with Gasteiger partial charge in [0.25, 0.3) is 0 Å². The number of hydrogen-bond donors (Lipinski definition) is 2. The van der Waals surface area contributed by atoms with Gasteiger partial charge in [-0.25, -0.2) is 0 Å². The van der Waals surface area contributed by atoms with Crippen LogP contribution < -0.4 is 9.80 Å². The number of Topliss-reactive ketones (excluding diaryl/α,β-unsaturated/α-hetero) is 1. The van der Waals surface area contributed by atoms with Crippen molar-refractivity contribution in [3.63, 3.8) is 0 Å². The largest absolute Gasteiger partial charge is 0.506 e. The Morgan fingerprint density at radius 2 is 1.05 bits per heavy atom. The highest BCUT2D eigenvalue weighted by Gasteiger charge is 2.55. The number of carbonyl (C=O) groups excluding carboxylic acids is 1. The highest BCUT2D eigenvalue weighted by atomic mass is 16.3. The predicted octanol–water partition coefficient (Wildman–Crippen LogP) is 8.49. The van der Waals surface area contributed by atoms with Crippen LogP contribution in [0.4, 0.5) is 11.4 Å². The van der Waals surface area contributed by atoms with Crippen LogP contribution in [0.25, 0.3) is 0 Å². The Labute approximate surface area is 260 Å². The molecule has 226 valence electrons. The molecule has 5 nitrogen and oxygen atoms in total. The van der Waals surface area contributed by atoms with Gasteiger partial charge in [0.15, 0.2) is 5.76 Å². The molecule has 0 saturated carbocycles. The molecule has 5 aliphatic rings. The molecule has 0 fully saturated rings. The van der Waals surface area contributed by atoms with Gasteiger partial charge in [0.05, 0.1) is 11.1 Å². The number of allylic oxidation sites excluding steroid dienone is 9. The number of aliphatic hydroxyl groups excluding tert-OH is 2. The number of anilines is 2. The third-order valence-corrected chi connectivity index (χ3v) is 11.9. The smallest absolute Gasteiger partial charge is 0.231 e. The van der Waals surface area contributed by atoms with Crippen LogP contribution >= 0.6 is 0 Å². The maximum absolute atomic E-state index is 13.4. The third-order valence-electron chi connectivity index (χ3n) is 11.9. The van der Waals surface area contributed by atoms with E-state index in [0.717, 1.165) is 24.0 Å². The summed E-state index contributed by atoms with van der Waals surface area (Å²) in [7, 11) is 4.19. The van der Waals surface area contributed by atoms with E-state index in [2.05, 4.69) is 126 Å². The van der Waals surface area contributed by atoms with Crippen molar-refractivity contribution in [1.29, 1.82) is 0 Å². The lowest BCUT2D eigenvalue weighted by molar-refractivity contribution is -0.114. The highest BCUT2D eigenvalue weighted by Crippen LogP contribution is 2.62. The number of carbonyl (C=O) groups is 1. The van der Waals surface area contributed by atoms with Crippen LogP contribution in [0.15, 0.2) is 118 Å². The standard InChI is InChI=1S/C39H42N2O3/c1-36(2)21-23(19-31-38(36,5)27-13-9-11-15-29(27)40(31)7)17-25-33(42)26(35(44)34(25)43)18-24-20-32-39(6,37(3,4)22-24)28-14-10-12-16-30(28)41(32)8/h9-20,42H,21-22H2,1-8H3,(H,43,44)/b23-17-,24-18-. The molecule has 0 bridgehead atoms. The average molecular weight is 587 g/mol. The normalized spacial score (nSPS) is 30.0. The van der Waals surface area contributed by atoms with Crippen molar-refractivity contribution in [2.45, 2.75) is 65.2 Å². The molecule has 2 aromatic rings. The molecule has 0 aromatic heterocycles. The van der Waals surface area contributed by atoms with Crippen molar-refractivity contribution in [3.8, 4) is 0 Å². The van der Waals surface area contributed by atoms with Crippen molar-refractivity contribution >= 4 is 17.2 Å². The van der Waals surface area contributed by atoms with Crippen LogP contribution in [-0.4, -0.2) is 30.1 Å². The lowest BCUT2D eigenvalue weighted by Crippen LogP contribution is -2.43. The fraction of sp³-hybridized carbons (Fsp3) is 0.359. The lowest BCUT2D eigenvalue weighted by atomic mass is 9.57. The zero-order valence-electron chi connectivity index (χ0n) is 27.0. The van der Waals surface area contributed by atoms with Gasteiger partial charge in [0.1, 0.15) is 5.76 Å². The van der Waals surface area contributed by atoms with Crippen LogP contribution in [0.1, 0.15) is 65.5 Å². The van der Waals surface area contributed by atoms with Crippen LogP contribution in [0.5, 0.6) is 0 Å². The second-order valence-electron chi connectivity index (χ2n) is 14.9. The van der Waals surface area contributed by atoms with Gasteiger partial charge in [0.2, 0.25) is 5.78 Å². The van der Waals surface area contributed by atoms with E-state index in [4.69, 9.17) is 0 Å². The Hall–Kier alpha value is -4.25. The molecule has 2 aromatic carbocycles. The van der Waals surface area contributed by atoms with Gasteiger partial charge in [-0.05, 0) is 96.2 Å². The highest BCUT2D eigenvalue weighted by molar-refractivity contribution is 6.13. The van der Waals surface area contributed by atoms with Gasteiger partial charge >= 0.3 is 0 Å². The first-order valence-electron chi connectivity index (χ1n) is 15.6. The molecule has 3 aliphatic carbocycles. The summed E-state index contributed by atoms with van der Waals surface area (Å²) in [6, 6.07) is 17.1. The average Bonchev–Trinajstić information content (AvgIpc) is 3.43. The number of nitrogens with zero attached hydrogens (tertiary/aromatic N) is 2. The molecule has 44 heavy (non-hydrogen) atoms. The van der Waals surface area contributed by atoms with Crippen LogP contribution in [-0.2, 0) is 15.6 Å². The number of benzene rings is 2. The van der Waals surface area contributed by atoms with Gasteiger partial charge in [0, 0.05) is 47.7 Å². The maximum atomic E-state index is 13.4. The van der Waals surface area contributed by atoms with Crippen molar-refractivity contribution in [2.24, 2.45) is 10.8 Å². The van der Waals surface area contributed by atoms with Crippen molar-refractivity contribution in [3.05, 3.63) is 129 Å². The molecule has 0 amide bonds. The van der Waals surface area contributed by atoms with Crippen molar-refractivity contribution in [2.75, 3.05) is 23.9 Å². The Balaban J connectivity index is 1.29. The Morgan fingerprint density at radius 1 is 0.636 bits per heavy atom. The molecule has 5 heteroatoms. The van der Waals surface area contributed by atoms with Gasteiger partial charge in [-0.1, -0.05) is 64.1 Å².